The SMILES string of the molecule is Cc1ccc([S@@](=O)NC(=O)[C@@]23C[C@H]2/C=C\CCCCC[C@H](NC(=O)OC(C)(C)C)C(=O)N2C[C@H](OC(=O)N4Cc5ccccc5C4)C[C@H]2C(=O)N3)cc1. The van der Waals surface area contributed by atoms with Gasteiger partial charge in [-0.15, -0.1) is 0 Å². The van der Waals surface area contributed by atoms with Crippen LogP contribution in [0.15, 0.2) is 65.6 Å². The molecule has 2 aromatic rings. The second-order valence-electron chi connectivity index (χ2n) is 15.4. The van der Waals surface area contributed by atoms with Gasteiger partial charge in [0, 0.05) is 25.4 Å². The van der Waals surface area contributed by atoms with Crippen molar-refractivity contribution >= 4 is 40.9 Å². The molecule has 2 aromatic carbocycles. The van der Waals surface area contributed by atoms with Crippen LogP contribution in [-0.2, 0) is 47.9 Å². The van der Waals surface area contributed by atoms with E-state index in [9.17, 15) is 28.2 Å². The topological polar surface area (TPSA) is 163 Å². The van der Waals surface area contributed by atoms with Crippen LogP contribution in [0, 0.1) is 12.8 Å². The van der Waals surface area contributed by atoms with Crippen molar-refractivity contribution < 1.29 is 37.7 Å². The normalized spacial score (nSPS) is 27.1. The molecule has 3 aliphatic heterocycles. The molecule has 1 saturated carbocycles. The van der Waals surface area contributed by atoms with E-state index in [0.717, 1.165) is 36.0 Å². The lowest BCUT2D eigenvalue weighted by Crippen LogP contribution is -2.58. The van der Waals surface area contributed by atoms with Gasteiger partial charge in [0.2, 0.25) is 11.8 Å². The summed E-state index contributed by atoms with van der Waals surface area (Å²) in [6, 6.07) is 12.6. The number of ether oxygens (including phenoxy) is 2. The lowest BCUT2D eigenvalue weighted by Gasteiger charge is -2.30. The minimum atomic E-state index is -1.88. The number of nitrogens with one attached hydrogen (secondary N) is 3. The van der Waals surface area contributed by atoms with Crippen molar-refractivity contribution in [2.24, 2.45) is 5.92 Å². The Bertz CT molecular complexity index is 1770. The highest BCUT2D eigenvalue weighted by Gasteiger charge is 2.61. The smallest absolute Gasteiger partial charge is 0.410 e. The average molecular weight is 748 g/mol. The van der Waals surface area contributed by atoms with Crippen molar-refractivity contribution in [3.8, 4) is 0 Å². The average Bonchev–Trinajstić information content (AvgIpc) is 3.40. The molecule has 284 valence electrons. The zero-order valence-corrected chi connectivity index (χ0v) is 31.5. The summed E-state index contributed by atoms with van der Waals surface area (Å²) in [6.45, 7) is 7.76. The van der Waals surface area contributed by atoms with Gasteiger partial charge in [-0.25, -0.2) is 13.8 Å². The first-order valence-corrected chi connectivity index (χ1v) is 19.5. The van der Waals surface area contributed by atoms with Gasteiger partial charge in [0.1, 0.15) is 29.3 Å². The number of amides is 5. The molecule has 0 bridgehead atoms. The molecule has 3 heterocycles. The van der Waals surface area contributed by atoms with Crippen LogP contribution >= 0.6 is 0 Å². The highest BCUT2D eigenvalue weighted by Crippen LogP contribution is 2.46. The Kier molecular flexibility index (Phi) is 11.3. The van der Waals surface area contributed by atoms with Gasteiger partial charge in [0.05, 0.1) is 11.4 Å². The molecule has 0 spiro atoms. The molecule has 6 atom stereocenters. The van der Waals surface area contributed by atoms with Crippen LogP contribution in [0.5, 0.6) is 0 Å². The lowest BCUT2D eigenvalue weighted by atomic mass is 10.0. The van der Waals surface area contributed by atoms with Gasteiger partial charge in [-0.1, -0.05) is 67.0 Å². The minimum Gasteiger partial charge on any atom is -0.444 e. The number of benzene rings is 2. The van der Waals surface area contributed by atoms with Gasteiger partial charge in [-0.2, -0.15) is 0 Å². The number of aryl methyl sites for hydroxylation is 1. The molecule has 3 N–H and O–H groups in total. The van der Waals surface area contributed by atoms with E-state index in [1.807, 2.05) is 43.3 Å². The van der Waals surface area contributed by atoms with E-state index in [-0.39, 0.29) is 25.3 Å². The van der Waals surface area contributed by atoms with E-state index in [4.69, 9.17) is 9.47 Å². The Labute approximate surface area is 312 Å². The van der Waals surface area contributed by atoms with E-state index < -0.39 is 70.2 Å². The highest BCUT2D eigenvalue weighted by molar-refractivity contribution is 7.83. The molecule has 0 unspecified atom stereocenters. The van der Waals surface area contributed by atoms with Crippen molar-refractivity contribution in [2.45, 2.75) is 120 Å². The van der Waals surface area contributed by atoms with Gasteiger partial charge >= 0.3 is 12.2 Å². The maximum absolute atomic E-state index is 14.4. The molecule has 13 nitrogen and oxygen atoms in total. The van der Waals surface area contributed by atoms with Crippen molar-refractivity contribution in [1.29, 1.82) is 0 Å². The Hall–Kier alpha value is -4.72. The largest absolute Gasteiger partial charge is 0.444 e. The maximum atomic E-state index is 14.4. The number of carbonyl (C=O) groups is 5. The molecule has 1 saturated heterocycles. The summed E-state index contributed by atoms with van der Waals surface area (Å²) in [5.74, 6) is -2.07. The van der Waals surface area contributed by atoms with Crippen LogP contribution in [0.1, 0.15) is 82.4 Å². The number of alkyl carbamates (subject to hydrolysis) is 1. The first kappa shape index (κ1) is 38.0. The van der Waals surface area contributed by atoms with E-state index in [1.165, 1.54) is 4.90 Å². The summed E-state index contributed by atoms with van der Waals surface area (Å²) >= 11 is 0. The predicted octanol–water partition coefficient (Wildman–Crippen LogP) is 4.54. The Morgan fingerprint density at radius 3 is 2.36 bits per heavy atom. The summed E-state index contributed by atoms with van der Waals surface area (Å²) in [7, 11) is -1.88. The Morgan fingerprint density at radius 2 is 1.68 bits per heavy atom. The number of rotatable bonds is 5. The minimum absolute atomic E-state index is 0.0171. The first-order chi connectivity index (χ1) is 25.2. The van der Waals surface area contributed by atoms with Crippen LogP contribution in [0.3, 0.4) is 0 Å². The van der Waals surface area contributed by atoms with Crippen LogP contribution in [-0.4, -0.2) is 79.8 Å². The fraction of sp³-hybridized carbons (Fsp3) is 0.513. The molecule has 2 fully saturated rings. The molecule has 6 rings (SSSR count). The third-order valence-corrected chi connectivity index (χ3v) is 11.2. The number of allylic oxidation sites excluding steroid dienone is 1. The van der Waals surface area contributed by atoms with Gasteiger partial charge in [0.25, 0.3) is 5.91 Å². The standard InChI is InChI=1S/C39H49N5O8S/c1-25-16-18-30(19-17-25)53(50)42-35(47)39-21-28(39)14-8-6-5-7-9-15-31(40-36(48)52-38(2,3)4)34(46)44-24-29(20-32(44)33(45)41-39)51-37(49)43-22-26-12-10-11-13-27(26)23-43/h8,10-14,16-19,28-29,31-32H,5-7,9,15,20-24H2,1-4H3,(H,40,48)(H,41,45)(H,42,47)/b14-8-/t28-,29-,31+,32+,39-,53-/m1/s1. The van der Waals surface area contributed by atoms with Crippen LogP contribution in [0.4, 0.5) is 9.59 Å². The molecule has 5 amide bonds. The Morgan fingerprint density at radius 1 is 0.981 bits per heavy atom. The van der Waals surface area contributed by atoms with Crippen LogP contribution in [0.25, 0.3) is 0 Å². The molecule has 0 aromatic heterocycles. The van der Waals surface area contributed by atoms with Crippen molar-refractivity contribution in [3.63, 3.8) is 0 Å². The summed E-state index contributed by atoms with van der Waals surface area (Å²) in [6.07, 6.45) is 5.25. The second kappa shape index (κ2) is 15.7. The number of hydrogen-bond donors (Lipinski definition) is 3. The van der Waals surface area contributed by atoms with E-state index in [0.29, 0.717) is 30.8 Å². The van der Waals surface area contributed by atoms with Gasteiger partial charge in [-0.05, 0) is 76.6 Å². The zero-order valence-electron chi connectivity index (χ0n) is 30.7. The fourth-order valence-corrected chi connectivity index (χ4v) is 8.04. The molecule has 4 aliphatic rings. The molecule has 53 heavy (non-hydrogen) atoms. The summed E-state index contributed by atoms with van der Waals surface area (Å²) in [4.78, 5) is 72.2. The number of fused-ring (bicyclic) bond motifs is 3. The van der Waals surface area contributed by atoms with Gasteiger partial charge in [0.15, 0.2) is 11.0 Å². The molecule has 1 aliphatic carbocycles. The second-order valence-corrected chi connectivity index (χ2v) is 16.6. The maximum Gasteiger partial charge on any atom is 0.410 e. The highest BCUT2D eigenvalue weighted by atomic mass is 32.2. The number of nitrogens with zero attached hydrogens (tertiary/aromatic N) is 2. The number of carbonyl (C=O) groups excluding carboxylic acids is 5. The monoisotopic (exact) mass is 747 g/mol. The summed E-state index contributed by atoms with van der Waals surface area (Å²) in [5.41, 5.74) is 0.824. The predicted molar refractivity (Wildman–Crippen MR) is 196 cm³/mol. The van der Waals surface area contributed by atoms with E-state index in [2.05, 4.69) is 15.4 Å². The van der Waals surface area contributed by atoms with E-state index in [1.54, 1.807) is 49.9 Å². The van der Waals surface area contributed by atoms with Gasteiger partial charge in [-0.3, -0.25) is 24.0 Å². The molecule has 0 radical (unpaired) electrons. The molecular formula is C39H49N5O8S. The molecule has 14 heteroatoms. The van der Waals surface area contributed by atoms with Gasteiger partial charge < -0.3 is 25.0 Å². The van der Waals surface area contributed by atoms with Crippen molar-refractivity contribution in [1.82, 2.24) is 25.2 Å². The summed E-state index contributed by atoms with van der Waals surface area (Å²) < 4.78 is 27.2. The lowest BCUT2D eigenvalue weighted by molar-refractivity contribution is -0.141. The molecular weight excluding hydrogens is 699 g/mol. The van der Waals surface area contributed by atoms with Crippen LogP contribution < -0.4 is 15.4 Å². The fourth-order valence-electron chi connectivity index (χ4n) is 7.19. The van der Waals surface area contributed by atoms with Crippen LogP contribution in [0.2, 0.25) is 0 Å². The third kappa shape index (κ3) is 9.09. The zero-order chi connectivity index (χ0) is 37.9. The first-order valence-electron chi connectivity index (χ1n) is 18.3. The number of hydrogen-bond acceptors (Lipinski definition) is 8. The summed E-state index contributed by atoms with van der Waals surface area (Å²) in [5, 5.41) is 5.66. The van der Waals surface area contributed by atoms with Crippen molar-refractivity contribution in [3.05, 3.63) is 77.4 Å². The van der Waals surface area contributed by atoms with E-state index >= 15 is 0 Å². The van der Waals surface area contributed by atoms with Crippen molar-refractivity contribution in [2.75, 3.05) is 6.54 Å². The third-order valence-electron chi connectivity index (χ3n) is 10.1. The Balaban J connectivity index is 1.25. The quantitative estimate of drug-likeness (QED) is 0.376.